The second-order valence-electron chi connectivity index (χ2n) is 11.9. The predicted octanol–water partition coefficient (Wildman–Crippen LogP) is 6.45. The molecule has 4 heterocycles. The number of carbonyl (C=O) groups excluding carboxylic acids is 1. The predicted molar refractivity (Wildman–Crippen MR) is 159 cm³/mol. The molecule has 2 fully saturated rings. The fourth-order valence-corrected chi connectivity index (χ4v) is 8.64. The lowest BCUT2D eigenvalue weighted by atomic mass is 9.71. The summed E-state index contributed by atoms with van der Waals surface area (Å²) < 4.78 is 24.5. The molecule has 3 aliphatic heterocycles. The Kier molecular flexibility index (Phi) is 6.06. The molecule has 1 aliphatic carbocycles. The lowest BCUT2D eigenvalue weighted by Crippen LogP contribution is -2.56. The van der Waals surface area contributed by atoms with Crippen molar-refractivity contribution in [1.82, 2.24) is 14.7 Å². The first-order valence-electron chi connectivity index (χ1n) is 14.5. The van der Waals surface area contributed by atoms with Gasteiger partial charge in [-0.15, -0.1) is 0 Å². The number of hydrogen-bond acceptors (Lipinski definition) is 5. The average Bonchev–Trinajstić information content (AvgIpc) is 3.72. The Morgan fingerprint density at radius 2 is 1.93 bits per heavy atom. The molecular formula is C32H27Cl2FN4O4. The minimum atomic E-state index is -1.24. The summed E-state index contributed by atoms with van der Waals surface area (Å²) in [6.45, 7) is 0.578. The van der Waals surface area contributed by atoms with Gasteiger partial charge in [-0.3, -0.25) is 9.69 Å². The number of nitrogens with zero attached hydrogens (tertiary/aromatic N) is 3. The van der Waals surface area contributed by atoms with Crippen molar-refractivity contribution < 1.29 is 23.8 Å². The highest BCUT2D eigenvalue weighted by Crippen LogP contribution is 2.62. The third-order valence-electron chi connectivity index (χ3n) is 9.87. The number of carboxylic acid groups (broad SMARTS) is 1. The van der Waals surface area contributed by atoms with Gasteiger partial charge < -0.3 is 15.2 Å². The number of aromatic nitrogens is 2. The van der Waals surface area contributed by atoms with Gasteiger partial charge in [0.2, 0.25) is 11.8 Å². The third kappa shape index (κ3) is 3.74. The topological polar surface area (TPSA) is 96.7 Å². The van der Waals surface area contributed by atoms with Gasteiger partial charge in [-0.2, -0.15) is 5.10 Å². The number of carboxylic acids is 1. The van der Waals surface area contributed by atoms with E-state index in [2.05, 4.69) is 10.2 Å². The second-order valence-corrected chi connectivity index (χ2v) is 12.8. The number of aromatic carboxylic acids is 1. The number of fused-ring (bicyclic) bond motifs is 6. The van der Waals surface area contributed by atoms with Gasteiger partial charge in [0.05, 0.1) is 27.5 Å². The van der Waals surface area contributed by atoms with E-state index in [1.807, 2.05) is 6.07 Å². The molecule has 8 rings (SSSR count). The highest BCUT2D eigenvalue weighted by molar-refractivity contribution is 6.31. The van der Waals surface area contributed by atoms with E-state index in [0.29, 0.717) is 39.6 Å². The van der Waals surface area contributed by atoms with Crippen LogP contribution < -0.4 is 10.1 Å². The number of amides is 1. The zero-order valence-electron chi connectivity index (χ0n) is 22.9. The van der Waals surface area contributed by atoms with Crippen LogP contribution in [0.5, 0.6) is 5.88 Å². The molecule has 3 aromatic carbocycles. The molecule has 1 aromatic heterocycles. The molecule has 1 amide bonds. The highest BCUT2D eigenvalue weighted by Gasteiger charge is 2.69. The van der Waals surface area contributed by atoms with Crippen LogP contribution >= 0.6 is 23.2 Å². The lowest BCUT2D eigenvalue weighted by molar-refractivity contribution is -0.130. The molecule has 4 atom stereocenters. The first-order chi connectivity index (χ1) is 20.8. The maximum Gasteiger partial charge on any atom is 0.335 e. The number of likely N-dealkylation sites (tertiary alicyclic amines) is 1. The van der Waals surface area contributed by atoms with E-state index in [1.165, 1.54) is 18.2 Å². The van der Waals surface area contributed by atoms with Crippen LogP contribution in [-0.4, -0.2) is 50.4 Å². The Bertz CT molecular complexity index is 1840. The zero-order chi connectivity index (χ0) is 29.6. The van der Waals surface area contributed by atoms with Gasteiger partial charge >= 0.3 is 5.97 Å². The normalized spacial score (nSPS) is 26.7. The van der Waals surface area contributed by atoms with Crippen molar-refractivity contribution >= 4 is 51.7 Å². The molecule has 1 saturated heterocycles. The van der Waals surface area contributed by atoms with Crippen molar-refractivity contribution in [1.29, 1.82) is 0 Å². The van der Waals surface area contributed by atoms with Crippen molar-refractivity contribution in [3.8, 4) is 5.88 Å². The molecule has 0 bridgehead atoms. The summed E-state index contributed by atoms with van der Waals surface area (Å²) in [4.78, 5) is 28.5. The van der Waals surface area contributed by atoms with Crippen molar-refractivity contribution in [2.24, 2.45) is 5.92 Å². The van der Waals surface area contributed by atoms with Gasteiger partial charge in [0.25, 0.3) is 0 Å². The summed E-state index contributed by atoms with van der Waals surface area (Å²) in [5.74, 6) is -2.22. The van der Waals surface area contributed by atoms with Crippen LogP contribution in [0.4, 0.5) is 10.1 Å². The molecular weight excluding hydrogens is 594 g/mol. The monoisotopic (exact) mass is 620 g/mol. The molecule has 4 aliphatic rings. The van der Waals surface area contributed by atoms with Crippen molar-refractivity contribution in [2.45, 2.75) is 55.8 Å². The average molecular weight is 621 g/mol. The molecule has 8 nitrogen and oxygen atoms in total. The van der Waals surface area contributed by atoms with Crippen molar-refractivity contribution in [3.05, 3.63) is 87.2 Å². The van der Waals surface area contributed by atoms with Gasteiger partial charge in [-0.25, -0.2) is 13.9 Å². The molecule has 43 heavy (non-hydrogen) atoms. The van der Waals surface area contributed by atoms with Crippen LogP contribution in [0.25, 0.3) is 10.9 Å². The van der Waals surface area contributed by atoms with E-state index in [9.17, 15) is 14.7 Å². The third-order valence-corrected chi connectivity index (χ3v) is 10.4. The molecule has 1 spiro atoms. The van der Waals surface area contributed by atoms with Gasteiger partial charge in [0.15, 0.2) is 0 Å². The van der Waals surface area contributed by atoms with Gasteiger partial charge in [0, 0.05) is 40.7 Å². The Labute approximate surface area is 256 Å². The van der Waals surface area contributed by atoms with Gasteiger partial charge in [0.1, 0.15) is 18.0 Å². The number of anilines is 1. The van der Waals surface area contributed by atoms with Crippen molar-refractivity contribution in [3.63, 3.8) is 0 Å². The van der Waals surface area contributed by atoms with E-state index in [1.54, 1.807) is 35.0 Å². The number of carbonyl (C=O) groups is 2. The van der Waals surface area contributed by atoms with Crippen LogP contribution in [0.3, 0.4) is 0 Å². The molecule has 4 aromatic rings. The summed E-state index contributed by atoms with van der Waals surface area (Å²) in [5, 5.41) is 18.6. The zero-order valence-corrected chi connectivity index (χ0v) is 24.4. The molecule has 2 N–H and O–H groups in total. The van der Waals surface area contributed by atoms with E-state index in [0.717, 1.165) is 31.2 Å². The molecule has 11 heteroatoms. The smallest absolute Gasteiger partial charge is 0.335 e. The number of nitrogens with one attached hydrogen (secondary N) is 1. The van der Waals surface area contributed by atoms with E-state index in [-0.39, 0.29) is 41.1 Å². The fraction of sp³-hybridized carbons (Fsp3) is 0.344. The number of halogens is 3. The van der Waals surface area contributed by atoms with Crippen molar-refractivity contribution in [2.75, 3.05) is 11.9 Å². The minimum absolute atomic E-state index is 0.00478. The first-order valence-corrected chi connectivity index (χ1v) is 15.2. The first kappa shape index (κ1) is 26.9. The van der Waals surface area contributed by atoms with Gasteiger partial charge in [-0.05, 0) is 54.8 Å². The van der Waals surface area contributed by atoms with Crippen LogP contribution in [0.15, 0.2) is 54.6 Å². The minimum Gasteiger partial charge on any atom is -0.478 e. The maximum atomic E-state index is 16.2. The second kappa shape index (κ2) is 9.67. The van der Waals surface area contributed by atoms with Crippen LogP contribution in [0, 0.1) is 11.7 Å². The fourth-order valence-electron chi connectivity index (χ4n) is 8.29. The van der Waals surface area contributed by atoms with E-state index in [4.69, 9.17) is 33.0 Å². The Morgan fingerprint density at radius 1 is 1.12 bits per heavy atom. The summed E-state index contributed by atoms with van der Waals surface area (Å²) >= 11 is 12.8. The summed E-state index contributed by atoms with van der Waals surface area (Å²) in [6, 6.07) is 15.0. The standard InChI is InChI=1S/C32H27Cl2FN4O4/c33-17-9-11-22-25(13-17)36-31(42)32(22)27(20-6-3-7-23(34)28(20)35)21-14-38-29(19-10-8-16(30(40)41)12-24(19)37-38)43-15-26(21)39(32)18-4-1-2-5-18/h3,6-13,18,21,26-27H,1-2,4-5,14-15H2,(H,36,42)(H,40,41)/t21-,26+,27+,32-/m1/s1. The maximum absolute atomic E-state index is 16.2. The number of ether oxygens (including phenoxy) is 1. The van der Waals surface area contributed by atoms with Crippen LogP contribution in [0.1, 0.15) is 53.1 Å². The quantitative estimate of drug-likeness (QED) is 0.273. The lowest BCUT2D eigenvalue weighted by Gasteiger charge is -2.43. The largest absolute Gasteiger partial charge is 0.478 e. The molecule has 1 saturated carbocycles. The number of rotatable bonds is 3. The SMILES string of the molecule is O=C(O)c1ccc2c3n(nc2c1)C[C@@H]1[C@H](CO3)N(C2CCCC2)[C@@]2(C(=O)Nc3cc(Cl)ccc32)[C@H]1c1cccc(Cl)c1F. The van der Waals surface area contributed by atoms with Crippen LogP contribution in [0.2, 0.25) is 10.0 Å². The Balaban J connectivity index is 1.38. The highest BCUT2D eigenvalue weighted by atomic mass is 35.5. The summed E-state index contributed by atoms with van der Waals surface area (Å²) in [6.07, 6.45) is 3.91. The number of benzene rings is 3. The van der Waals surface area contributed by atoms with E-state index < -0.39 is 23.2 Å². The molecule has 0 unspecified atom stereocenters. The van der Waals surface area contributed by atoms with Crippen LogP contribution in [-0.2, 0) is 16.9 Å². The van der Waals surface area contributed by atoms with E-state index >= 15 is 4.39 Å². The van der Waals surface area contributed by atoms with Gasteiger partial charge in [-0.1, -0.05) is 54.2 Å². The Morgan fingerprint density at radius 3 is 2.72 bits per heavy atom. The summed E-state index contributed by atoms with van der Waals surface area (Å²) in [5.41, 5.74) is 1.15. The molecule has 0 radical (unpaired) electrons. The number of hydrogen-bond donors (Lipinski definition) is 2. The Hall–Kier alpha value is -3.66. The molecule has 220 valence electrons. The summed E-state index contributed by atoms with van der Waals surface area (Å²) in [7, 11) is 0.